The summed E-state index contributed by atoms with van der Waals surface area (Å²) in [5.74, 6) is 0.120. The third-order valence-electron chi connectivity index (χ3n) is 11.3. The van der Waals surface area contributed by atoms with Crippen LogP contribution >= 0.6 is 0 Å². The highest BCUT2D eigenvalue weighted by atomic mass is 16.7. The first kappa shape index (κ1) is 39.8. The van der Waals surface area contributed by atoms with Crippen molar-refractivity contribution in [1.29, 1.82) is 0 Å². The second kappa shape index (κ2) is 18.4. The first-order valence-electron chi connectivity index (χ1n) is 17.6. The SMILES string of the molecule is C=C(CCC)CCC1C(OC)C(C)C(OC2OC(C)C(C)(OC)C2NC2OC(CCCC)C(OC)C(OC)C2C)C(OC)C1OC. The van der Waals surface area contributed by atoms with Crippen molar-refractivity contribution in [3.63, 3.8) is 0 Å². The second-order valence-corrected chi connectivity index (χ2v) is 13.9. The van der Waals surface area contributed by atoms with Crippen molar-refractivity contribution in [3.05, 3.63) is 12.2 Å². The molecule has 2 heterocycles. The highest BCUT2D eigenvalue weighted by Crippen LogP contribution is 2.43. The van der Waals surface area contributed by atoms with Crippen LogP contribution in [0.15, 0.2) is 12.2 Å². The van der Waals surface area contributed by atoms with Crippen molar-refractivity contribution in [1.82, 2.24) is 5.32 Å². The average molecular weight is 658 g/mol. The minimum Gasteiger partial charge on any atom is -0.381 e. The zero-order valence-electron chi connectivity index (χ0n) is 30.9. The molecule has 0 aromatic heterocycles. The van der Waals surface area contributed by atoms with E-state index < -0.39 is 11.9 Å². The van der Waals surface area contributed by atoms with Gasteiger partial charge in [0, 0.05) is 60.4 Å². The number of unbranched alkanes of at least 4 members (excludes halogenated alkanes) is 1. The van der Waals surface area contributed by atoms with E-state index in [2.05, 4.69) is 46.5 Å². The molecule has 270 valence electrons. The summed E-state index contributed by atoms with van der Waals surface area (Å²) < 4.78 is 57.1. The van der Waals surface area contributed by atoms with Crippen LogP contribution < -0.4 is 5.32 Å². The van der Waals surface area contributed by atoms with Gasteiger partial charge in [-0.15, -0.1) is 0 Å². The van der Waals surface area contributed by atoms with E-state index in [0.717, 1.165) is 44.9 Å². The van der Waals surface area contributed by atoms with Crippen LogP contribution in [0.3, 0.4) is 0 Å². The molecule has 1 N–H and O–H groups in total. The van der Waals surface area contributed by atoms with Gasteiger partial charge in [-0.3, -0.25) is 5.32 Å². The van der Waals surface area contributed by atoms with E-state index in [9.17, 15) is 0 Å². The normalized spacial score (nSPS) is 43.2. The second-order valence-electron chi connectivity index (χ2n) is 13.9. The van der Waals surface area contributed by atoms with E-state index in [1.807, 2.05) is 6.92 Å². The zero-order valence-corrected chi connectivity index (χ0v) is 30.9. The first-order valence-corrected chi connectivity index (χ1v) is 17.6. The van der Waals surface area contributed by atoms with Crippen LogP contribution in [-0.2, 0) is 42.6 Å². The van der Waals surface area contributed by atoms with Gasteiger partial charge < -0.3 is 42.6 Å². The topological polar surface area (TPSA) is 95.1 Å². The molecule has 0 radical (unpaired) electrons. The number of rotatable bonds is 18. The van der Waals surface area contributed by atoms with Gasteiger partial charge in [0.05, 0.1) is 42.7 Å². The fraction of sp³-hybridized carbons (Fsp3) is 0.944. The Morgan fingerprint density at radius 2 is 1.35 bits per heavy atom. The van der Waals surface area contributed by atoms with Crippen molar-refractivity contribution in [3.8, 4) is 0 Å². The number of methoxy groups -OCH3 is 6. The van der Waals surface area contributed by atoms with Crippen LogP contribution in [0.4, 0.5) is 0 Å². The summed E-state index contributed by atoms with van der Waals surface area (Å²) in [4.78, 5) is 0. The minimum absolute atomic E-state index is 0.00311. The molecule has 0 aromatic carbocycles. The van der Waals surface area contributed by atoms with E-state index in [1.165, 1.54) is 5.57 Å². The summed E-state index contributed by atoms with van der Waals surface area (Å²) in [5.41, 5.74) is 0.564. The van der Waals surface area contributed by atoms with Crippen molar-refractivity contribution in [2.45, 2.75) is 159 Å². The Bertz CT molecular complexity index is 909. The third kappa shape index (κ3) is 8.37. The lowest BCUT2D eigenvalue weighted by atomic mass is 9.71. The van der Waals surface area contributed by atoms with Crippen molar-refractivity contribution >= 4 is 0 Å². The van der Waals surface area contributed by atoms with E-state index in [1.54, 1.807) is 42.7 Å². The van der Waals surface area contributed by atoms with Crippen LogP contribution in [0, 0.1) is 17.8 Å². The first-order chi connectivity index (χ1) is 22.0. The molecule has 2 aliphatic heterocycles. The molecule has 15 atom stereocenters. The summed E-state index contributed by atoms with van der Waals surface area (Å²) in [5, 5.41) is 3.80. The number of nitrogens with one attached hydrogen (secondary N) is 1. The van der Waals surface area contributed by atoms with E-state index in [4.69, 9.17) is 42.6 Å². The number of hydrogen-bond acceptors (Lipinski definition) is 10. The Kier molecular flexibility index (Phi) is 15.9. The molecule has 46 heavy (non-hydrogen) atoms. The Hall–Kier alpha value is -0.660. The van der Waals surface area contributed by atoms with Gasteiger partial charge in [0.2, 0.25) is 0 Å². The Labute approximate surface area is 279 Å². The maximum atomic E-state index is 7.01. The zero-order chi connectivity index (χ0) is 34.2. The van der Waals surface area contributed by atoms with Gasteiger partial charge in [-0.1, -0.05) is 59.1 Å². The number of allylic oxidation sites excluding steroid dienone is 1. The van der Waals surface area contributed by atoms with Gasteiger partial charge in [0.15, 0.2) is 6.29 Å². The molecular formula is C36H67NO9. The fourth-order valence-electron chi connectivity index (χ4n) is 8.29. The predicted octanol–water partition coefficient (Wildman–Crippen LogP) is 5.51. The van der Waals surface area contributed by atoms with Gasteiger partial charge in [-0.05, 0) is 39.5 Å². The third-order valence-corrected chi connectivity index (χ3v) is 11.3. The molecule has 3 aliphatic rings. The highest BCUT2D eigenvalue weighted by Gasteiger charge is 2.58. The molecule has 0 spiro atoms. The molecule has 2 saturated heterocycles. The van der Waals surface area contributed by atoms with Crippen molar-refractivity contribution < 1.29 is 42.6 Å². The quantitative estimate of drug-likeness (QED) is 0.190. The van der Waals surface area contributed by atoms with Crippen molar-refractivity contribution in [2.75, 3.05) is 42.7 Å². The molecule has 3 fully saturated rings. The molecule has 10 nitrogen and oxygen atoms in total. The monoisotopic (exact) mass is 657 g/mol. The molecule has 15 unspecified atom stereocenters. The van der Waals surface area contributed by atoms with E-state index >= 15 is 0 Å². The van der Waals surface area contributed by atoms with Crippen LogP contribution in [0.2, 0.25) is 0 Å². The van der Waals surface area contributed by atoms with Crippen LogP contribution in [-0.4, -0.2) is 116 Å². The summed E-state index contributed by atoms with van der Waals surface area (Å²) in [6, 6.07) is -0.356. The van der Waals surface area contributed by atoms with Gasteiger partial charge in [0.1, 0.15) is 24.0 Å². The highest BCUT2D eigenvalue weighted by molar-refractivity contribution is 5.07. The number of hydrogen-bond donors (Lipinski definition) is 1. The van der Waals surface area contributed by atoms with Crippen LogP contribution in [0.25, 0.3) is 0 Å². The maximum Gasteiger partial charge on any atom is 0.176 e. The Balaban J connectivity index is 1.90. The number of ether oxygens (including phenoxy) is 9. The summed E-state index contributed by atoms with van der Waals surface area (Å²) >= 11 is 0. The van der Waals surface area contributed by atoms with Gasteiger partial charge in [-0.25, -0.2) is 0 Å². The molecular weight excluding hydrogens is 590 g/mol. The molecule has 0 bridgehead atoms. The largest absolute Gasteiger partial charge is 0.381 e. The standard InChI is InChI=1S/C36H67NO9/c1-14-16-18-26-31(41-11)28(39-9)23(5)34(45-26)37-33-35(44-24(6)36(33,7)43-13)46-29-22(4)27(38-8)25(20-19-21(3)17-15-2)30(40-10)32(29)42-12/h22-35,37H,3,14-20H2,1-2,4-13H3. The van der Waals surface area contributed by atoms with E-state index in [0.29, 0.717) is 0 Å². The Morgan fingerprint density at radius 1 is 0.717 bits per heavy atom. The maximum absolute atomic E-state index is 7.01. The molecule has 1 aliphatic carbocycles. The summed E-state index contributed by atoms with van der Waals surface area (Å²) in [6.07, 6.45) is 4.33. The van der Waals surface area contributed by atoms with Gasteiger partial charge >= 0.3 is 0 Å². The van der Waals surface area contributed by atoms with Gasteiger partial charge in [-0.2, -0.15) is 0 Å². The predicted molar refractivity (Wildman–Crippen MR) is 179 cm³/mol. The lowest BCUT2D eigenvalue weighted by molar-refractivity contribution is -0.266. The van der Waals surface area contributed by atoms with E-state index in [-0.39, 0.29) is 78.9 Å². The molecule has 1 saturated carbocycles. The molecule has 0 aromatic rings. The molecule has 3 rings (SSSR count). The smallest absolute Gasteiger partial charge is 0.176 e. The summed E-state index contributed by atoms with van der Waals surface area (Å²) in [7, 11) is 10.5. The lowest BCUT2D eigenvalue weighted by Crippen LogP contribution is -2.66. The van der Waals surface area contributed by atoms with Crippen LogP contribution in [0.1, 0.15) is 86.5 Å². The minimum atomic E-state index is -0.697. The Morgan fingerprint density at radius 3 is 1.89 bits per heavy atom. The van der Waals surface area contributed by atoms with Crippen molar-refractivity contribution in [2.24, 2.45) is 17.8 Å². The lowest BCUT2D eigenvalue weighted by Gasteiger charge is -2.50. The average Bonchev–Trinajstić information content (AvgIpc) is 3.28. The molecule has 0 amide bonds. The summed E-state index contributed by atoms with van der Waals surface area (Å²) in [6.45, 7) is 17.1. The van der Waals surface area contributed by atoms with Crippen LogP contribution in [0.5, 0.6) is 0 Å². The van der Waals surface area contributed by atoms with Gasteiger partial charge in [0.25, 0.3) is 0 Å². The fourth-order valence-corrected chi connectivity index (χ4v) is 8.29. The molecule has 10 heteroatoms.